The van der Waals surface area contributed by atoms with Crippen LogP contribution in [0.4, 0.5) is 0 Å². The number of amides is 1. The lowest BCUT2D eigenvalue weighted by Crippen LogP contribution is -2.51. The van der Waals surface area contributed by atoms with E-state index in [4.69, 9.17) is 0 Å². The normalized spacial score (nSPS) is 31.4. The molecule has 1 aromatic carbocycles. The van der Waals surface area contributed by atoms with Crippen LogP contribution >= 0.6 is 0 Å². The van der Waals surface area contributed by atoms with Crippen molar-refractivity contribution in [3.05, 3.63) is 35.9 Å². The molecule has 0 radical (unpaired) electrons. The van der Waals surface area contributed by atoms with E-state index in [0.717, 1.165) is 25.9 Å². The highest BCUT2D eigenvalue weighted by molar-refractivity contribution is 5.84. The van der Waals surface area contributed by atoms with Crippen LogP contribution in [0.25, 0.3) is 0 Å². The highest BCUT2D eigenvalue weighted by Crippen LogP contribution is 2.44. The highest BCUT2D eigenvalue weighted by atomic mass is 16.2. The lowest BCUT2D eigenvalue weighted by molar-refractivity contribution is -0.135. The Bertz CT molecular complexity index is 554. The largest absolute Gasteiger partial charge is 0.352 e. The Morgan fingerprint density at radius 3 is 2.83 bits per heavy atom. The molecule has 0 aromatic heterocycles. The van der Waals surface area contributed by atoms with Crippen LogP contribution in [0.5, 0.6) is 0 Å². The number of hydrogen-bond acceptors (Lipinski definition) is 2. The summed E-state index contributed by atoms with van der Waals surface area (Å²) in [5.41, 5.74) is 1.22. The van der Waals surface area contributed by atoms with Crippen molar-refractivity contribution >= 4 is 5.91 Å². The van der Waals surface area contributed by atoms with Crippen molar-refractivity contribution in [3.63, 3.8) is 0 Å². The van der Waals surface area contributed by atoms with Crippen molar-refractivity contribution in [1.82, 2.24) is 10.6 Å². The number of nitrogens with one attached hydrogen (secondary N) is 2. The van der Waals surface area contributed by atoms with Gasteiger partial charge in [0.25, 0.3) is 0 Å². The molecule has 2 saturated carbocycles. The molecule has 3 atom stereocenters. The Morgan fingerprint density at radius 1 is 1.22 bits per heavy atom. The predicted molar refractivity (Wildman–Crippen MR) is 92.1 cm³/mol. The maximum absolute atomic E-state index is 13.2. The van der Waals surface area contributed by atoms with Crippen LogP contribution in [0.1, 0.15) is 44.1 Å². The van der Waals surface area contributed by atoms with Crippen LogP contribution in [0.15, 0.2) is 30.3 Å². The van der Waals surface area contributed by atoms with E-state index in [1.165, 1.54) is 37.7 Å². The van der Waals surface area contributed by atoms with E-state index in [2.05, 4.69) is 41.0 Å². The summed E-state index contributed by atoms with van der Waals surface area (Å²) in [4.78, 5) is 13.2. The lowest BCUT2D eigenvalue weighted by Gasteiger charge is -2.38. The van der Waals surface area contributed by atoms with Crippen molar-refractivity contribution in [2.45, 2.75) is 51.0 Å². The molecule has 3 aliphatic rings. The summed E-state index contributed by atoms with van der Waals surface area (Å²) in [6.45, 7) is 1.91. The number of carbonyl (C=O) groups excluding carboxylic acids is 1. The Labute approximate surface area is 139 Å². The molecule has 124 valence electrons. The second-order valence-electron chi connectivity index (χ2n) is 7.84. The first-order chi connectivity index (χ1) is 11.3. The van der Waals surface area contributed by atoms with Gasteiger partial charge in [-0.2, -0.15) is 0 Å². The fourth-order valence-electron chi connectivity index (χ4n) is 4.70. The molecule has 3 heteroatoms. The first-order valence-electron chi connectivity index (χ1n) is 9.33. The van der Waals surface area contributed by atoms with E-state index in [9.17, 15) is 4.79 Å². The molecule has 1 aromatic rings. The van der Waals surface area contributed by atoms with Crippen molar-refractivity contribution < 1.29 is 4.79 Å². The molecule has 2 aliphatic carbocycles. The summed E-state index contributed by atoms with van der Waals surface area (Å²) >= 11 is 0. The maximum Gasteiger partial charge on any atom is 0.228 e. The molecule has 3 fully saturated rings. The van der Waals surface area contributed by atoms with Gasteiger partial charge in [0.15, 0.2) is 0 Å². The fraction of sp³-hybridized carbons (Fsp3) is 0.650. The third kappa shape index (κ3) is 3.03. The predicted octanol–water partition coefficient (Wildman–Crippen LogP) is 2.90. The zero-order valence-corrected chi connectivity index (χ0v) is 13.9. The second-order valence-corrected chi connectivity index (χ2v) is 7.84. The minimum Gasteiger partial charge on any atom is -0.352 e. The van der Waals surface area contributed by atoms with Gasteiger partial charge in [-0.15, -0.1) is 0 Å². The van der Waals surface area contributed by atoms with Gasteiger partial charge in [0.2, 0.25) is 5.91 Å². The minimum absolute atomic E-state index is 0.123. The van der Waals surface area contributed by atoms with Gasteiger partial charge in [0.05, 0.1) is 5.41 Å². The lowest BCUT2D eigenvalue weighted by atomic mass is 9.67. The summed E-state index contributed by atoms with van der Waals surface area (Å²) in [7, 11) is 0. The van der Waals surface area contributed by atoms with Crippen LogP contribution in [0, 0.1) is 17.3 Å². The number of benzene rings is 1. The third-order valence-corrected chi connectivity index (χ3v) is 6.30. The minimum atomic E-state index is -0.123. The van der Waals surface area contributed by atoms with Crippen LogP contribution < -0.4 is 10.6 Å². The SMILES string of the molecule is O=C(NC(Cc1ccccc1)C1CC1)[C@@]12CCCC[C@H]1CNC2. The van der Waals surface area contributed by atoms with Gasteiger partial charge < -0.3 is 10.6 Å². The van der Waals surface area contributed by atoms with Crippen LogP contribution in [-0.4, -0.2) is 25.0 Å². The number of rotatable bonds is 5. The number of hydrogen-bond donors (Lipinski definition) is 2. The van der Waals surface area contributed by atoms with Gasteiger partial charge in [-0.25, -0.2) is 0 Å². The topological polar surface area (TPSA) is 41.1 Å². The van der Waals surface area contributed by atoms with Crippen LogP contribution in [-0.2, 0) is 11.2 Å². The molecular weight excluding hydrogens is 284 g/mol. The van der Waals surface area contributed by atoms with Gasteiger partial charge in [0, 0.05) is 12.6 Å². The van der Waals surface area contributed by atoms with E-state index in [1.54, 1.807) is 0 Å². The standard InChI is InChI=1S/C20H28N2O/c23-19(20-11-5-4-8-17(20)13-21-14-20)22-18(16-9-10-16)12-15-6-2-1-3-7-15/h1-3,6-7,16-18,21H,4-5,8-14H2,(H,22,23)/t17-,18?,20+/m0/s1. The Balaban J connectivity index is 1.47. The van der Waals surface area contributed by atoms with Crippen LogP contribution in [0.3, 0.4) is 0 Å². The zero-order chi connectivity index (χ0) is 15.7. The van der Waals surface area contributed by atoms with E-state index in [-0.39, 0.29) is 5.41 Å². The summed E-state index contributed by atoms with van der Waals surface area (Å²) in [6.07, 6.45) is 8.30. The molecule has 1 unspecified atom stereocenters. The summed E-state index contributed by atoms with van der Waals surface area (Å²) in [5.74, 6) is 1.57. The van der Waals surface area contributed by atoms with Crippen molar-refractivity contribution in [1.29, 1.82) is 0 Å². The first kappa shape index (κ1) is 15.2. The van der Waals surface area contributed by atoms with E-state index < -0.39 is 0 Å². The molecule has 23 heavy (non-hydrogen) atoms. The molecule has 1 saturated heterocycles. The van der Waals surface area contributed by atoms with Crippen molar-refractivity contribution in [2.24, 2.45) is 17.3 Å². The smallest absolute Gasteiger partial charge is 0.228 e. The average Bonchev–Trinajstić information content (AvgIpc) is 3.33. The molecular formula is C20H28N2O. The molecule has 0 bridgehead atoms. The Hall–Kier alpha value is -1.35. The van der Waals surface area contributed by atoms with Crippen molar-refractivity contribution in [2.75, 3.05) is 13.1 Å². The van der Waals surface area contributed by atoms with Gasteiger partial charge in [-0.3, -0.25) is 4.79 Å². The fourth-order valence-corrected chi connectivity index (χ4v) is 4.70. The molecule has 2 N–H and O–H groups in total. The quantitative estimate of drug-likeness (QED) is 0.878. The maximum atomic E-state index is 13.2. The zero-order valence-electron chi connectivity index (χ0n) is 13.9. The van der Waals surface area contributed by atoms with Crippen LogP contribution in [0.2, 0.25) is 0 Å². The molecule has 4 rings (SSSR count). The summed E-state index contributed by atoms with van der Waals surface area (Å²) in [6, 6.07) is 10.9. The number of fused-ring (bicyclic) bond motifs is 1. The van der Waals surface area contributed by atoms with E-state index in [1.807, 2.05) is 0 Å². The van der Waals surface area contributed by atoms with E-state index in [0.29, 0.717) is 23.8 Å². The summed E-state index contributed by atoms with van der Waals surface area (Å²) < 4.78 is 0. The van der Waals surface area contributed by atoms with Crippen molar-refractivity contribution in [3.8, 4) is 0 Å². The molecule has 1 heterocycles. The second kappa shape index (κ2) is 6.27. The molecule has 0 spiro atoms. The van der Waals surface area contributed by atoms with Gasteiger partial charge in [-0.05, 0) is 56.0 Å². The summed E-state index contributed by atoms with van der Waals surface area (Å²) in [5, 5.41) is 6.97. The average molecular weight is 312 g/mol. The Morgan fingerprint density at radius 2 is 2.04 bits per heavy atom. The Kier molecular flexibility index (Phi) is 4.14. The molecule has 1 aliphatic heterocycles. The van der Waals surface area contributed by atoms with Gasteiger partial charge >= 0.3 is 0 Å². The first-order valence-corrected chi connectivity index (χ1v) is 9.33. The van der Waals surface area contributed by atoms with Gasteiger partial charge in [-0.1, -0.05) is 43.2 Å². The molecule has 3 nitrogen and oxygen atoms in total. The van der Waals surface area contributed by atoms with Gasteiger partial charge in [0.1, 0.15) is 0 Å². The third-order valence-electron chi connectivity index (χ3n) is 6.30. The highest BCUT2D eigenvalue weighted by Gasteiger charge is 2.50. The monoisotopic (exact) mass is 312 g/mol. The molecule has 1 amide bonds. The van der Waals surface area contributed by atoms with E-state index >= 15 is 0 Å². The number of carbonyl (C=O) groups is 1.